The van der Waals surface area contributed by atoms with Gasteiger partial charge in [0.15, 0.2) is 5.82 Å². The van der Waals surface area contributed by atoms with Crippen molar-refractivity contribution in [1.82, 2.24) is 9.97 Å². The number of nitrogens with zero attached hydrogens (tertiary/aromatic N) is 3. The minimum Gasteiger partial charge on any atom is -0.228 e. The molecule has 0 N–H and O–H groups in total. The lowest BCUT2D eigenvalue weighted by Gasteiger charge is -2.35. The second-order valence-electron chi connectivity index (χ2n) is 11.0. The molecule has 0 bridgehead atoms. The third-order valence-corrected chi connectivity index (χ3v) is 9.10. The first-order chi connectivity index (χ1) is 20.5. The lowest BCUT2D eigenvalue weighted by Crippen LogP contribution is -2.25. The minimum atomic E-state index is -0.294. The van der Waals surface area contributed by atoms with Crippen molar-refractivity contribution < 1.29 is 0 Å². The predicted octanol–water partition coefficient (Wildman–Crippen LogP) is 9.81. The molecule has 7 rings (SSSR count). The number of benzene rings is 5. The number of hydrogen-bond donors (Lipinski definition) is 0. The highest BCUT2D eigenvalue weighted by Crippen LogP contribution is 2.51. The first kappa shape index (κ1) is 26.0. The number of nitriles is 1. The fourth-order valence-corrected chi connectivity index (χ4v) is 7.23. The molecular formula is C38H27N3S. The second-order valence-corrected chi connectivity index (χ2v) is 12.1. The molecule has 0 unspecified atom stereocenters. The number of hydrogen-bond acceptors (Lipinski definition) is 4. The van der Waals surface area contributed by atoms with Gasteiger partial charge in [0.05, 0.1) is 23.0 Å². The largest absolute Gasteiger partial charge is 0.228 e. The summed E-state index contributed by atoms with van der Waals surface area (Å²) in [5.41, 5.74) is 9.92. The summed E-state index contributed by atoms with van der Waals surface area (Å²) in [5.74, 6) is 0.705. The van der Waals surface area contributed by atoms with Crippen molar-refractivity contribution in [3.8, 4) is 51.1 Å². The van der Waals surface area contributed by atoms with Gasteiger partial charge >= 0.3 is 0 Å². The Kier molecular flexibility index (Phi) is 6.46. The monoisotopic (exact) mass is 557 g/mol. The normalized spacial score (nSPS) is 13.1. The molecule has 6 aromatic rings. The summed E-state index contributed by atoms with van der Waals surface area (Å²) in [7, 11) is 0. The van der Waals surface area contributed by atoms with E-state index < -0.39 is 0 Å². The molecule has 0 atom stereocenters. The fourth-order valence-electron chi connectivity index (χ4n) is 5.82. The molecule has 1 aliphatic rings. The van der Waals surface area contributed by atoms with E-state index in [1.54, 1.807) is 11.8 Å². The van der Waals surface area contributed by atoms with Crippen molar-refractivity contribution in [3.63, 3.8) is 0 Å². The molecule has 2 heterocycles. The fraction of sp³-hybridized carbons (Fsp3) is 0.0789. The van der Waals surface area contributed by atoms with Gasteiger partial charge in [-0.3, -0.25) is 0 Å². The van der Waals surface area contributed by atoms with E-state index in [4.69, 9.17) is 9.97 Å². The van der Waals surface area contributed by atoms with Crippen LogP contribution < -0.4 is 0 Å². The standard InChI is InChI=1S/C38H27N3S/c1-38(2)31-22-28(19-20-34(31)42-35-18-10-17-30(24-39)36(35)38)27-15-9-16-29(21-27)33-23-32(25-11-5-3-6-12-25)40-37(41-33)26-13-7-4-8-14-26/h3-23H,1-2H3. The maximum atomic E-state index is 9.86. The van der Waals surface area contributed by atoms with E-state index in [0.29, 0.717) is 5.82 Å². The third-order valence-electron chi connectivity index (χ3n) is 7.96. The van der Waals surface area contributed by atoms with Crippen molar-refractivity contribution in [2.75, 3.05) is 0 Å². The third kappa shape index (κ3) is 4.59. The van der Waals surface area contributed by atoms with Crippen LogP contribution in [-0.2, 0) is 5.41 Å². The Morgan fingerprint density at radius 2 is 1.19 bits per heavy atom. The van der Waals surface area contributed by atoms with Crippen LogP contribution in [-0.4, -0.2) is 9.97 Å². The molecule has 0 saturated heterocycles. The van der Waals surface area contributed by atoms with Crippen molar-refractivity contribution >= 4 is 11.8 Å². The van der Waals surface area contributed by atoms with Crippen LogP contribution in [0.5, 0.6) is 0 Å². The van der Waals surface area contributed by atoms with Gasteiger partial charge in [0.1, 0.15) is 0 Å². The zero-order valence-corrected chi connectivity index (χ0v) is 24.2. The SMILES string of the molecule is CC1(C)c2cc(-c3cccc(-c4cc(-c5ccccc5)nc(-c5ccccc5)n4)c3)ccc2Sc2cccc(C#N)c21. The van der Waals surface area contributed by atoms with Crippen LogP contribution in [0.4, 0.5) is 0 Å². The second kappa shape index (κ2) is 10.4. The van der Waals surface area contributed by atoms with Crippen LogP contribution in [0.2, 0.25) is 0 Å². The summed E-state index contributed by atoms with van der Waals surface area (Å²) in [4.78, 5) is 12.4. The van der Waals surface area contributed by atoms with Gasteiger partial charge in [-0.05, 0) is 58.7 Å². The van der Waals surface area contributed by atoms with Crippen LogP contribution in [0, 0.1) is 11.3 Å². The van der Waals surface area contributed by atoms with E-state index in [0.717, 1.165) is 55.2 Å². The maximum absolute atomic E-state index is 9.86. The highest BCUT2D eigenvalue weighted by Gasteiger charge is 2.35. The van der Waals surface area contributed by atoms with Gasteiger partial charge < -0.3 is 0 Å². The molecular weight excluding hydrogens is 531 g/mol. The molecule has 3 nitrogen and oxygen atoms in total. The van der Waals surface area contributed by atoms with Gasteiger partial charge in [-0.2, -0.15) is 5.26 Å². The van der Waals surface area contributed by atoms with Gasteiger partial charge in [-0.15, -0.1) is 0 Å². The van der Waals surface area contributed by atoms with Gasteiger partial charge in [0.25, 0.3) is 0 Å². The smallest absolute Gasteiger partial charge is 0.160 e. The Hall–Kier alpha value is -4.98. The van der Waals surface area contributed by atoms with Crippen molar-refractivity contribution in [2.45, 2.75) is 29.1 Å². The molecule has 0 aliphatic carbocycles. The molecule has 4 heteroatoms. The average Bonchev–Trinajstić information content (AvgIpc) is 3.05. The van der Waals surface area contributed by atoms with Gasteiger partial charge in [-0.1, -0.05) is 117 Å². The van der Waals surface area contributed by atoms with Crippen LogP contribution in [0.1, 0.15) is 30.5 Å². The zero-order chi connectivity index (χ0) is 28.7. The molecule has 0 radical (unpaired) electrons. The molecule has 0 saturated carbocycles. The van der Waals surface area contributed by atoms with Crippen LogP contribution >= 0.6 is 11.8 Å². The minimum absolute atomic E-state index is 0.294. The van der Waals surface area contributed by atoms with E-state index in [1.807, 2.05) is 60.7 Å². The Balaban J connectivity index is 1.33. The van der Waals surface area contributed by atoms with Crippen molar-refractivity contribution in [2.24, 2.45) is 0 Å². The van der Waals surface area contributed by atoms with Crippen molar-refractivity contribution in [1.29, 1.82) is 5.26 Å². The quantitative estimate of drug-likeness (QED) is 0.216. The van der Waals surface area contributed by atoms with Crippen molar-refractivity contribution in [3.05, 3.63) is 144 Å². The summed E-state index contributed by atoms with van der Waals surface area (Å²) in [6.45, 7) is 4.45. The van der Waals surface area contributed by atoms with E-state index in [-0.39, 0.29) is 5.41 Å². The Morgan fingerprint density at radius 1 is 0.571 bits per heavy atom. The first-order valence-electron chi connectivity index (χ1n) is 14.0. The van der Waals surface area contributed by atoms with E-state index in [1.165, 1.54) is 10.5 Å². The Morgan fingerprint density at radius 3 is 1.93 bits per heavy atom. The van der Waals surface area contributed by atoms with Gasteiger partial charge in [0, 0.05) is 31.9 Å². The highest BCUT2D eigenvalue weighted by atomic mass is 32.2. The number of rotatable bonds is 4. The number of fused-ring (bicyclic) bond motifs is 2. The van der Waals surface area contributed by atoms with Crippen LogP contribution in [0.25, 0.3) is 45.0 Å². The van der Waals surface area contributed by atoms with E-state index in [9.17, 15) is 5.26 Å². The van der Waals surface area contributed by atoms with E-state index in [2.05, 4.69) is 86.6 Å². The highest BCUT2D eigenvalue weighted by molar-refractivity contribution is 7.99. The molecule has 5 aromatic carbocycles. The molecule has 0 fully saturated rings. The summed E-state index contributed by atoms with van der Waals surface area (Å²) >= 11 is 1.75. The molecule has 1 aliphatic heterocycles. The van der Waals surface area contributed by atoms with Crippen LogP contribution in [0.15, 0.2) is 137 Å². The predicted molar refractivity (Wildman–Crippen MR) is 171 cm³/mol. The van der Waals surface area contributed by atoms with Gasteiger partial charge in [-0.25, -0.2) is 9.97 Å². The molecule has 1 aromatic heterocycles. The first-order valence-corrected chi connectivity index (χ1v) is 14.8. The molecule has 0 spiro atoms. The van der Waals surface area contributed by atoms with Gasteiger partial charge in [0.2, 0.25) is 0 Å². The lowest BCUT2D eigenvalue weighted by atomic mass is 9.75. The topological polar surface area (TPSA) is 49.6 Å². The average molecular weight is 558 g/mol. The number of aromatic nitrogens is 2. The van der Waals surface area contributed by atoms with Crippen LogP contribution in [0.3, 0.4) is 0 Å². The molecule has 0 amide bonds. The zero-order valence-electron chi connectivity index (χ0n) is 23.4. The maximum Gasteiger partial charge on any atom is 0.160 e. The molecule has 42 heavy (non-hydrogen) atoms. The lowest BCUT2D eigenvalue weighted by molar-refractivity contribution is 0.605. The Bertz CT molecular complexity index is 1930. The summed E-state index contributed by atoms with van der Waals surface area (Å²) in [6.07, 6.45) is 0. The molecule has 200 valence electrons. The summed E-state index contributed by atoms with van der Waals surface area (Å²) in [6, 6.07) is 46.2. The summed E-state index contributed by atoms with van der Waals surface area (Å²) < 4.78 is 0. The Labute approximate surface area is 250 Å². The summed E-state index contributed by atoms with van der Waals surface area (Å²) in [5, 5.41) is 9.86. The van der Waals surface area contributed by atoms with E-state index >= 15 is 0 Å².